The number of fused-ring (bicyclic) bond motifs is 1. The lowest BCUT2D eigenvalue weighted by Crippen LogP contribution is -2.22. The zero-order valence-corrected chi connectivity index (χ0v) is 13.4. The summed E-state index contributed by atoms with van der Waals surface area (Å²) in [5.41, 5.74) is 6.52. The number of H-pyrrole nitrogens is 1. The Morgan fingerprint density at radius 1 is 1.50 bits per heavy atom. The molecule has 0 aromatic carbocycles. The Kier molecular flexibility index (Phi) is 4.57. The second kappa shape index (κ2) is 6.98. The number of halogens is 1. The molecule has 9 heteroatoms. The van der Waals surface area contributed by atoms with Crippen molar-refractivity contribution < 1.29 is 9.18 Å². The SMILES string of the molecule is N#CCCn1cc(-c2cnc3[nH]cc(C=CC(N)=O)c3n2)cc(F)c1=O. The lowest BCUT2D eigenvalue weighted by atomic mass is 10.2. The van der Waals surface area contributed by atoms with E-state index in [1.165, 1.54) is 24.5 Å². The Balaban J connectivity index is 2.09. The first kappa shape index (κ1) is 17.0. The molecule has 0 aliphatic rings. The topological polar surface area (TPSA) is 130 Å². The number of nitrogens with zero attached hydrogens (tertiary/aromatic N) is 4. The minimum absolute atomic E-state index is 0.0759. The number of carbonyl (C=O) groups is 1. The van der Waals surface area contributed by atoms with E-state index in [-0.39, 0.29) is 13.0 Å². The summed E-state index contributed by atoms with van der Waals surface area (Å²) in [6.07, 6.45) is 7.25. The maximum Gasteiger partial charge on any atom is 0.286 e. The fourth-order valence-electron chi connectivity index (χ4n) is 2.42. The average molecular weight is 352 g/mol. The number of nitrogens with two attached hydrogens (primary N) is 1. The zero-order valence-electron chi connectivity index (χ0n) is 13.4. The predicted molar refractivity (Wildman–Crippen MR) is 92.0 cm³/mol. The highest BCUT2D eigenvalue weighted by Gasteiger charge is 2.12. The molecule has 0 aliphatic carbocycles. The molecule has 0 aliphatic heterocycles. The van der Waals surface area contributed by atoms with Gasteiger partial charge in [0.25, 0.3) is 5.56 Å². The zero-order chi connectivity index (χ0) is 18.7. The first-order valence-corrected chi connectivity index (χ1v) is 7.58. The van der Waals surface area contributed by atoms with Crippen LogP contribution in [0.5, 0.6) is 0 Å². The molecule has 0 spiro atoms. The van der Waals surface area contributed by atoms with Crippen molar-refractivity contribution >= 4 is 23.1 Å². The fourth-order valence-corrected chi connectivity index (χ4v) is 2.42. The lowest BCUT2D eigenvalue weighted by molar-refractivity contribution is -0.113. The van der Waals surface area contributed by atoms with Gasteiger partial charge in [0.15, 0.2) is 11.5 Å². The Morgan fingerprint density at radius 2 is 2.31 bits per heavy atom. The first-order chi connectivity index (χ1) is 12.5. The van der Waals surface area contributed by atoms with Crippen LogP contribution in [0.3, 0.4) is 0 Å². The third-order valence-corrected chi connectivity index (χ3v) is 3.64. The van der Waals surface area contributed by atoms with E-state index in [2.05, 4.69) is 15.0 Å². The minimum Gasteiger partial charge on any atom is -0.366 e. The molecular weight excluding hydrogens is 339 g/mol. The molecule has 3 heterocycles. The van der Waals surface area contributed by atoms with Gasteiger partial charge in [-0.25, -0.2) is 14.4 Å². The quantitative estimate of drug-likeness (QED) is 0.669. The molecule has 0 unspecified atom stereocenters. The third-order valence-electron chi connectivity index (χ3n) is 3.64. The van der Waals surface area contributed by atoms with Crippen molar-refractivity contribution in [2.45, 2.75) is 13.0 Å². The molecule has 130 valence electrons. The van der Waals surface area contributed by atoms with Gasteiger partial charge in [0.05, 0.1) is 24.4 Å². The number of nitrogens with one attached hydrogen (secondary N) is 1. The van der Waals surface area contributed by atoms with E-state index in [0.717, 1.165) is 10.6 Å². The van der Waals surface area contributed by atoms with Gasteiger partial charge in [-0.05, 0) is 12.1 Å². The summed E-state index contributed by atoms with van der Waals surface area (Å²) in [6, 6.07) is 2.99. The molecule has 0 saturated heterocycles. The second-order valence-electron chi connectivity index (χ2n) is 5.42. The van der Waals surface area contributed by atoms with Crippen molar-refractivity contribution in [1.29, 1.82) is 5.26 Å². The number of hydrogen-bond donors (Lipinski definition) is 2. The number of primary amides is 1. The molecule has 26 heavy (non-hydrogen) atoms. The molecule has 8 nitrogen and oxygen atoms in total. The smallest absolute Gasteiger partial charge is 0.286 e. The van der Waals surface area contributed by atoms with Crippen molar-refractivity contribution in [3.63, 3.8) is 0 Å². The van der Waals surface area contributed by atoms with Gasteiger partial charge >= 0.3 is 0 Å². The first-order valence-electron chi connectivity index (χ1n) is 7.58. The normalized spacial score (nSPS) is 11.1. The van der Waals surface area contributed by atoms with Crippen LogP contribution in [0.4, 0.5) is 4.39 Å². The van der Waals surface area contributed by atoms with Gasteiger partial charge in [-0.15, -0.1) is 0 Å². The molecule has 3 aromatic heterocycles. The van der Waals surface area contributed by atoms with Gasteiger partial charge in [0.2, 0.25) is 5.91 Å². The van der Waals surface area contributed by atoms with Crippen molar-refractivity contribution in [2.24, 2.45) is 5.73 Å². The Labute approximate surface area is 146 Å². The molecule has 0 bridgehead atoms. The number of aromatic amines is 1. The molecule has 3 aromatic rings. The summed E-state index contributed by atoms with van der Waals surface area (Å²) in [7, 11) is 0. The van der Waals surface area contributed by atoms with Crippen molar-refractivity contribution in [1.82, 2.24) is 19.5 Å². The van der Waals surface area contributed by atoms with E-state index >= 15 is 0 Å². The standard InChI is InChI=1S/C17H13FN6O2/c18-12-6-11(9-24(17(12)26)5-1-4-19)13-8-22-16-15(23-13)10(7-21-16)2-3-14(20)25/h2-3,6-9H,1,5H2,(H2,20,25)(H,21,22). The summed E-state index contributed by atoms with van der Waals surface area (Å²) in [6.45, 7) is 0.0759. The van der Waals surface area contributed by atoms with Crippen molar-refractivity contribution in [3.05, 3.63) is 52.5 Å². The van der Waals surface area contributed by atoms with Crippen LogP contribution in [0.25, 0.3) is 28.5 Å². The van der Waals surface area contributed by atoms with E-state index in [0.29, 0.717) is 28.0 Å². The van der Waals surface area contributed by atoms with Crippen LogP contribution in [0.15, 0.2) is 35.5 Å². The summed E-state index contributed by atoms with van der Waals surface area (Å²) >= 11 is 0. The number of carbonyl (C=O) groups excluding carboxylic acids is 1. The molecule has 3 rings (SSSR count). The average Bonchev–Trinajstić information content (AvgIpc) is 3.03. The van der Waals surface area contributed by atoms with Gasteiger partial charge in [-0.2, -0.15) is 5.26 Å². The highest BCUT2D eigenvalue weighted by atomic mass is 19.1. The number of aromatic nitrogens is 4. The summed E-state index contributed by atoms with van der Waals surface area (Å²) < 4.78 is 15.1. The van der Waals surface area contributed by atoms with Crippen LogP contribution in [0.2, 0.25) is 0 Å². The lowest BCUT2D eigenvalue weighted by Gasteiger charge is -2.07. The third kappa shape index (κ3) is 3.34. The fraction of sp³-hybridized carbons (Fsp3) is 0.118. The van der Waals surface area contributed by atoms with Gasteiger partial charge in [0, 0.05) is 36.1 Å². The summed E-state index contributed by atoms with van der Waals surface area (Å²) in [5.74, 6) is -1.54. The largest absolute Gasteiger partial charge is 0.366 e. The number of amides is 1. The van der Waals surface area contributed by atoms with Crippen LogP contribution >= 0.6 is 0 Å². The number of aryl methyl sites for hydroxylation is 1. The number of pyridine rings is 1. The molecule has 0 atom stereocenters. The maximum absolute atomic E-state index is 14.0. The molecule has 3 N–H and O–H groups in total. The second-order valence-corrected chi connectivity index (χ2v) is 5.42. The van der Waals surface area contributed by atoms with Crippen molar-refractivity contribution in [2.75, 3.05) is 0 Å². The maximum atomic E-state index is 14.0. The van der Waals surface area contributed by atoms with Crippen LogP contribution < -0.4 is 11.3 Å². The van der Waals surface area contributed by atoms with E-state index < -0.39 is 17.3 Å². The molecule has 0 fully saturated rings. The highest BCUT2D eigenvalue weighted by Crippen LogP contribution is 2.21. The summed E-state index contributed by atoms with van der Waals surface area (Å²) in [4.78, 5) is 34.3. The number of nitriles is 1. The molecular formula is C17H13FN6O2. The molecule has 1 amide bonds. The van der Waals surface area contributed by atoms with Gasteiger partial charge < -0.3 is 15.3 Å². The van der Waals surface area contributed by atoms with Gasteiger partial charge in [-0.3, -0.25) is 9.59 Å². The van der Waals surface area contributed by atoms with E-state index in [1.54, 1.807) is 6.20 Å². The Morgan fingerprint density at radius 3 is 3.04 bits per heavy atom. The highest BCUT2D eigenvalue weighted by molar-refractivity contribution is 5.93. The van der Waals surface area contributed by atoms with Crippen LogP contribution in [-0.2, 0) is 11.3 Å². The van der Waals surface area contributed by atoms with Crippen molar-refractivity contribution in [3.8, 4) is 17.3 Å². The van der Waals surface area contributed by atoms with Gasteiger partial charge in [-0.1, -0.05) is 0 Å². The molecule has 0 radical (unpaired) electrons. The monoisotopic (exact) mass is 352 g/mol. The van der Waals surface area contributed by atoms with Gasteiger partial charge in [0.1, 0.15) is 5.52 Å². The van der Waals surface area contributed by atoms with Crippen LogP contribution in [-0.4, -0.2) is 25.4 Å². The predicted octanol–water partition coefficient (Wildman–Crippen LogP) is 1.34. The Hall–Kier alpha value is -3.80. The van der Waals surface area contributed by atoms with Crippen LogP contribution in [0.1, 0.15) is 12.0 Å². The Bertz CT molecular complexity index is 1120. The minimum atomic E-state index is -0.940. The number of rotatable bonds is 5. The van der Waals surface area contributed by atoms with E-state index in [9.17, 15) is 14.0 Å². The van der Waals surface area contributed by atoms with E-state index in [4.69, 9.17) is 11.0 Å². The number of hydrogen-bond acceptors (Lipinski definition) is 5. The summed E-state index contributed by atoms with van der Waals surface area (Å²) in [5, 5.41) is 8.66. The molecule has 0 saturated carbocycles. The van der Waals surface area contributed by atoms with E-state index in [1.807, 2.05) is 6.07 Å². The van der Waals surface area contributed by atoms with Crippen LogP contribution in [0, 0.1) is 17.1 Å².